The molecule has 2 aliphatic heterocycles. The lowest BCUT2D eigenvalue weighted by atomic mass is 10.1. The third-order valence-corrected chi connectivity index (χ3v) is 5.13. The Morgan fingerprint density at radius 3 is 2.88 bits per heavy atom. The first-order valence-corrected chi connectivity index (χ1v) is 9.55. The predicted molar refractivity (Wildman–Crippen MR) is 99.2 cm³/mol. The highest BCUT2D eigenvalue weighted by Gasteiger charge is 2.19. The van der Waals surface area contributed by atoms with Gasteiger partial charge in [0, 0.05) is 13.0 Å². The molecule has 0 spiro atoms. The maximum atomic E-state index is 12.4. The van der Waals surface area contributed by atoms with Gasteiger partial charge in [-0.1, -0.05) is 18.6 Å². The van der Waals surface area contributed by atoms with Gasteiger partial charge in [0.25, 0.3) is 5.91 Å². The standard InChI is InChI=1S/C21H26N2O3/c1-15-11-17-12-16(5-7-19(17)25-15)13-22-21(24)20-8-6-18(26-20)14-23-9-3-2-4-10-23/h5-8,12,15H,2-4,9-11,13-14H2,1H3,(H,22,24). The van der Waals surface area contributed by atoms with E-state index in [1.54, 1.807) is 6.07 Å². The van der Waals surface area contributed by atoms with Crippen LogP contribution in [0.25, 0.3) is 0 Å². The van der Waals surface area contributed by atoms with Crippen LogP contribution in [0.4, 0.5) is 0 Å². The Labute approximate surface area is 154 Å². The van der Waals surface area contributed by atoms with Gasteiger partial charge in [0.15, 0.2) is 5.76 Å². The summed E-state index contributed by atoms with van der Waals surface area (Å²) in [7, 11) is 0. The second kappa shape index (κ2) is 7.54. The monoisotopic (exact) mass is 354 g/mol. The van der Waals surface area contributed by atoms with Crippen molar-refractivity contribution >= 4 is 5.91 Å². The minimum atomic E-state index is -0.167. The smallest absolute Gasteiger partial charge is 0.287 e. The quantitative estimate of drug-likeness (QED) is 0.893. The van der Waals surface area contributed by atoms with Crippen molar-refractivity contribution in [2.45, 2.75) is 51.8 Å². The van der Waals surface area contributed by atoms with Crippen molar-refractivity contribution in [2.75, 3.05) is 13.1 Å². The lowest BCUT2D eigenvalue weighted by molar-refractivity contribution is 0.0918. The van der Waals surface area contributed by atoms with Crippen LogP contribution in [0, 0.1) is 0 Å². The highest BCUT2D eigenvalue weighted by Crippen LogP contribution is 2.29. The summed E-state index contributed by atoms with van der Waals surface area (Å²) in [6.07, 6.45) is 4.97. The molecule has 1 atom stereocenters. The van der Waals surface area contributed by atoms with Crippen molar-refractivity contribution in [3.05, 3.63) is 53.0 Å². The van der Waals surface area contributed by atoms with E-state index in [1.807, 2.05) is 18.2 Å². The van der Waals surface area contributed by atoms with Crippen LogP contribution in [-0.4, -0.2) is 30.0 Å². The van der Waals surface area contributed by atoms with Crippen LogP contribution in [0.1, 0.15) is 53.6 Å². The zero-order valence-electron chi connectivity index (χ0n) is 15.3. The van der Waals surface area contributed by atoms with Crippen molar-refractivity contribution < 1.29 is 13.9 Å². The summed E-state index contributed by atoms with van der Waals surface area (Å²) >= 11 is 0. The first kappa shape index (κ1) is 17.2. The second-order valence-electron chi connectivity index (χ2n) is 7.36. The van der Waals surface area contributed by atoms with Crippen LogP contribution in [-0.2, 0) is 19.5 Å². The Bertz CT molecular complexity index is 777. The summed E-state index contributed by atoms with van der Waals surface area (Å²) in [4.78, 5) is 14.8. The summed E-state index contributed by atoms with van der Waals surface area (Å²) in [6.45, 7) is 5.57. The van der Waals surface area contributed by atoms with Crippen LogP contribution < -0.4 is 10.1 Å². The van der Waals surface area contributed by atoms with Gasteiger partial charge in [-0.05, 0) is 62.2 Å². The number of benzene rings is 1. The minimum absolute atomic E-state index is 0.167. The lowest BCUT2D eigenvalue weighted by Crippen LogP contribution is -2.28. The van der Waals surface area contributed by atoms with Gasteiger partial charge in [-0.25, -0.2) is 0 Å². The van der Waals surface area contributed by atoms with E-state index in [-0.39, 0.29) is 12.0 Å². The fourth-order valence-electron chi connectivity index (χ4n) is 3.78. The van der Waals surface area contributed by atoms with Gasteiger partial charge in [-0.2, -0.15) is 0 Å². The SMILES string of the molecule is CC1Cc2cc(CNC(=O)c3ccc(CN4CCCCC4)o3)ccc2O1. The van der Waals surface area contributed by atoms with Gasteiger partial charge >= 0.3 is 0 Å². The molecule has 1 N–H and O–H groups in total. The number of carbonyl (C=O) groups is 1. The highest BCUT2D eigenvalue weighted by atomic mass is 16.5. The average molecular weight is 354 g/mol. The summed E-state index contributed by atoms with van der Waals surface area (Å²) in [5.74, 6) is 2.04. The molecule has 1 unspecified atom stereocenters. The molecule has 2 aromatic rings. The Balaban J connectivity index is 1.32. The molecule has 1 aromatic carbocycles. The fourth-order valence-corrected chi connectivity index (χ4v) is 3.78. The molecule has 26 heavy (non-hydrogen) atoms. The van der Waals surface area contributed by atoms with E-state index in [9.17, 15) is 4.79 Å². The van der Waals surface area contributed by atoms with Crippen LogP contribution in [0.3, 0.4) is 0 Å². The van der Waals surface area contributed by atoms with Crippen molar-refractivity contribution in [3.8, 4) is 5.75 Å². The summed E-state index contributed by atoms with van der Waals surface area (Å²) < 4.78 is 11.5. The maximum Gasteiger partial charge on any atom is 0.287 e. The van der Waals surface area contributed by atoms with Gasteiger partial charge in [-0.15, -0.1) is 0 Å². The molecular formula is C21H26N2O3. The zero-order chi connectivity index (χ0) is 17.9. The Morgan fingerprint density at radius 1 is 1.19 bits per heavy atom. The van der Waals surface area contributed by atoms with Crippen molar-refractivity contribution in [1.82, 2.24) is 10.2 Å². The van der Waals surface area contributed by atoms with Crippen LogP contribution in [0.2, 0.25) is 0 Å². The molecular weight excluding hydrogens is 328 g/mol. The molecule has 1 aromatic heterocycles. The van der Waals surface area contributed by atoms with Gasteiger partial charge < -0.3 is 14.5 Å². The van der Waals surface area contributed by atoms with Crippen LogP contribution in [0.5, 0.6) is 5.75 Å². The van der Waals surface area contributed by atoms with Crippen molar-refractivity contribution in [3.63, 3.8) is 0 Å². The van der Waals surface area contributed by atoms with E-state index in [0.717, 1.165) is 43.1 Å². The zero-order valence-corrected chi connectivity index (χ0v) is 15.3. The molecule has 0 radical (unpaired) electrons. The molecule has 0 saturated carbocycles. The number of nitrogens with one attached hydrogen (secondary N) is 1. The molecule has 5 nitrogen and oxygen atoms in total. The van der Waals surface area contributed by atoms with E-state index in [1.165, 1.54) is 24.8 Å². The van der Waals surface area contributed by atoms with E-state index in [2.05, 4.69) is 23.2 Å². The van der Waals surface area contributed by atoms with Crippen LogP contribution in [0.15, 0.2) is 34.7 Å². The maximum absolute atomic E-state index is 12.4. The Morgan fingerprint density at radius 2 is 2.04 bits per heavy atom. The third kappa shape index (κ3) is 3.93. The first-order chi connectivity index (χ1) is 12.7. The number of rotatable bonds is 5. The molecule has 1 saturated heterocycles. The number of furan rings is 1. The number of fused-ring (bicyclic) bond motifs is 1. The number of hydrogen-bond donors (Lipinski definition) is 1. The highest BCUT2D eigenvalue weighted by molar-refractivity contribution is 5.91. The Kier molecular flexibility index (Phi) is 4.98. The number of ether oxygens (including phenoxy) is 1. The van der Waals surface area contributed by atoms with Crippen molar-refractivity contribution in [1.29, 1.82) is 0 Å². The van der Waals surface area contributed by atoms with E-state index >= 15 is 0 Å². The Hall–Kier alpha value is -2.27. The summed E-state index contributed by atoms with van der Waals surface area (Å²) in [5, 5.41) is 2.95. The minimum Gasteiger partial charge on any atom is -0.490 e. The molecule has 4 rings (SSSR count). The van der Waals surface area contributed by atoms with E-state index in [0.29, 0.717) is 12.3 Å². The van der Waals surface area contributed by atoms with Crippen molar-refractivity contribution in [2.24, 2.45) is 0 Å². The average Bonchev–Trinajstić information content (AvgIpc) is 3.25. The molecule has 0 bridgehead atoms. The largest absolute Gasteiger partial charge is 0.490 e. The normalized spacial score (nSPS) is 19.8. The molecule has 5 heteroatoms. The number of likely N-dealkylation sites (tertiary alicyclic amines) is 1. The number of hydrogen-bond acceptors (Lipinski definition) is 4. The van der Waals surface area contributed by atoms with Gasteiger partial charge in [0.1, 0.15) is 17.6 Å². The number of nitrogens with zero attached hydrogens (tertiary/aromatic N) is 1. The molecule has 1 fully saturated rings. The van der Waals surface area contributed by atoms with Gasteiger partial charge in [0.05, 0.1) is 6.54 Å². The predicted octanol–water partition coefficient (Wildman–Crippen LogP) is 3.52. The summed E-state index contributed by atoms with van der Waals surface area (Å²) in [6, 6.07) is 9.79. The number of carbonyl (C=O) groups excluding carboxylic acids is 1. The molecule has 138 valence electrons. The molecule has 0 aliphatic carbocycles. The number of piperidine rings is 1. The molecule has 1 amide bonds. The van der Waals surface area contributed by atoms with E-state index in [4.69, 9.17) is 9.15 Å². The van der Waals surface area contributed by atoms with Gasteiger partial charge in [0.2, 0.25) is 0 Å². The number of amides is 1. The molecule has 2 aliphatic rings. The second-order valence-corrected chi connectivity index (χ2v) is 7.36. The van der Waals surface area contributed by atoms with E-state index < -0.39 is 0 Å². The first-order valence-electron chi connectivity index (χ1n) is 9.55. The van der Waals surface area contributed by atoms with Crippen LogP contribution >= 0.6 is 0 Å². The fraction of sp³-hybridized carbons (Fsp3) is 0.476. The topological polar surface area (TPSA) is 54.7 Å². The van der Waals surface area contributed by atoms with Gasteiger partial charge in [-0.3, -0.25) is 9.69 Å². The third-order valence-electron chi connectivity index (χ3n) is 5.13. The summed E-state index contributed by atoms with van der Waals surface area (Å²) in [5.41, 5.74) is 2.29. The molecule has 3 heterocycles. The lowest BCUT2D eigenvalue weighted by Gasteiger charge is -2.25.